The van der Waals surface area contributed by atoms with Crippen molar-refractivity contribution in [3.05, 3.63) is 60.9 Å². The van der Waals surface area contributed by atoms with E-state index in [4.69, 9.17) is 14.2 Å². The average Bonchev–Trinajstić information content (AvgIpc) is 3.00. The number of fused-ring (bicyclic) bond motifs is 1. The molecule has 2 N–H and O–H groups in total. The summed E-state index contributed by atoms with van der Waals surface area (Å²) < 4.78 is 86.1. The van der Waals surface area contributed by atoms with Crippen LogP contribution in [-0.4, -0.2) is 82.6 Å². The summed E-state index contributed by atoms with van der Waals surface area (Å²) in [4.78, 5) is 23.1. The summed E-state index contributed by atoms with van der Waals surface area (Å²) in [5.74, 6) is -0.447. The van der Waals surface area contributed by atoms with E-state index in [2.05, 4.69) is 24.7 Å². The molecule has 2 aromatic carbocycles. The number of nitrogens with zero attached hydrogens (tertiary/aromatic N) is 3. The van der Waals surface area contributed by atoms with Crippen LogP contribution in [-0.2, 0) is 19.6 Å². The molecule has 16 heteroatoms. The van der Waals surface area contributed by atoms with Crippen LogP contribution in [0.4, 0.5) is 24.5 Å². The zero-order valence-electron chi connectivity index (χ0n) is 24.1. The molecule has 2 aromatic heterocycles. The number of alkyl halides is 3. The third-order valence-corrected chi connectivity index (χ3v) is 8.14. The van der Waals surface area contributed by atoms with Gasteiger partial charge < -0.3 is 24.3 Å². The van der Waals surface area contributed by atoms with Gasteiger partial charge in [0.15, 0.2) is 5.75 Å². The second kappa shape index (κ2) is 13.1. The maximum atomic E-state index is 13.1. The van der Waals surface area contributed by atoms with Crippen molar-refractivity contribution in [3.8, 4) is 28.5 Å². The van der Waals surface area contributed by atoms with E-state index in [-0.39, 0.29) is 28.9 Å². The molecular weight excluding hydrogens is 619 g/mol. The van der Waals surface area contributed by atoms with Crippen molar-refractivity contribution in [2.75, 3.05) is 57.1 Å². The third-order valence-electron chi connectivity index (χ3n) is 6.76. The molecule has 0 aliphatic carbocycles. The van der Waals surface area contributed by atoms with E-state index < -0.39 is 22.1 Å². The van der Waals surface area contributed by atoms with Gasteiger partial charge in [-0.3, -0.25) is 19.4 Å². The number of hydrogen-bond donors (Lipinski definition) is 2. The Morgan fingerprint density at radius 3 is 2.36 bits per heavy atom. The number of methoxy groups -OCH3 is 2. The summed E-state index contributed by atoms with van der Waals surface area (Å²) in [5, 5.41) is 3.44. The SMILES string of the molecule is COc1ncc(-c2ccc3ncc(NC(=O)CN4CCOCC4)c(OC)c3c2)cc1NS(=O)(=O)c1ccc(OC(F)(F)F)cc1. The van der Waals surface area contributed by atoms with Gasteiger partial charge in [0.1, 0.15) is 17.1 Å². The van der Waals surface area contributed by atoms with Gasteiger partial charge in [-0.25, -0.2) is 13.4 Å². The van der Waals surface area contributed by atoms with Gasteiger partial charge in [0.05, 0.1) is 50.6 Å². The molecule has 1 fully saturated rings. The van der Waals surface area contributed by atoms with Crippen molar-refractivity contribution < 1.29 is 45.3 Å². The molecule has 45 heavy (non-hydrogen) atoms. The number of sulfonamides is 1. The van der Waals surface area contributed by atoms with E-state index in [1.54, 1.807) is 18.2 Å². The highest BCUT2D eigenvalue weighted by Crippen LogP contribution is 2.37. The van der Waals surface area contributed by atoms with Crippen LogP contribution in [0.5, 0.6) is 17.4 Å². The first-order valence-electron chi connectivity index (χ1n) is 13.5. The molecule has 0 spiro atoms. The monoisotopic (exact) mass is 647 g/mol. The molecule has 0 unspecified atom stereocenters. The Balaban J connectivity index is 1.42. The first-order valence-corrected chi connectivity index (χ1v) is 14.9. The van der Waals surface area contributed by atoms with Gasteiger partial charge in [-0.15, -0.1) is 13.2 Å². The summed E-state index contributed by atoms with van der Waals surface area (Å²) in [6.45, 7) is 2.62. The van der Waals surface area contributed by atoms with Crippen molar-refractivity contribution in [3.63, 3.8) is 0 Å². The number of rotatable bonds is 10. The minimum atomic E-state index is -4.92. The van der Waals surface area contributed by atoms with Crippen LogP contribution in [0.2, 0.25) is 0 Å². The lowest BCUT2D eigenvalue weighted by atomic mass is 10.0. The van der Waals surface area contributed by atoms with Crippen LogP contribution in [0.25, 0.3) is 22.0 Å². The predicted molar refractivity (Wildman–Crippen MR) is 158 cm³/mol. The number of amides is 1. The lowest BCUT2D eigenvalue weighted by molar-refractivity contribution is -0.274. The van der Waals surface area contributed by atoms with E-state index in [1.165, 1.54) is 32.7 Å². The van der Waals surface area contributed by atoms with E-state index >= 15 is 0 Å². The van der Waals surface area contributed by atoms with Crippen LogP contribution in [0.3, 0.4) is 0 Å². The summed E-state index contributed by atoms with van der Waals surface area (Å²) in [6, 6.07) is 10.5. The lowest BCUT2D eigenvalue weighted by Crippen LogP contribution is -2.41. The molecule has 3 heterocycles. The molecule has 5 rings (SSSR count). The number of anilines is 2. The Labute approximate surface area is 256 Å². The third kappa shape index (κ3) is 7.71. The van der Waals surface area contributed by atoms with Gasteiger partial charge in [-0.2, -0.15) is 0 Å². The Hall–Kier alpha value is -4.67. The fourth-order valence-electron chi connectivity index (χ4n) is 4.68. The topological polar surface area (TPSA) is 141 Å². The number of halogens is 3. The molecule has 1 amide bonds. The maximum absolute atomic E-state index is 13.1. The number of carbonyl (C=O) groups excluding carboxylic acids is 1. The van der Waals surface area contributed by atoms with Gasteiger partial charge in [-0.05, 0) is 48.0 Å². The number of pyridine rings is 2. The van der Waals surface area contributed by atoms with Gasteiger partial charge in [0.25, 0.3) is 10.0 Å². The van der Waals surface area contributed by atoms with E-state index in [0.717, 1.165) is 24.3 Å². The highest BCUT2D eigenvalue weighted by molar-refractivity contribution is 7.92. The average molecular weight is 648 g/mol. The minimum Gasteiger partial charge on any atom is -0.494 e. The summed E-state index contributed by atoms with van der Waals surface area (Å²) in [6.07, 6.45) is -1.92. The minimum absolute atomic E-state index is 0.0140. The van der Waals surface area contributed by atoms with Gasteiger partial charge in [0.2, 0.25) is 11.8 Å². The molecule has 0 atom stereocenters. The second-order valence-corrected chi connectivity index (χ2v) is 11.5. The van der Waals surface area contributed by atoms with E-state index in [1.807, 2.05) is 4.90 Å². The first-order chi connectivity index (χ1) is 21.5. The number of aromatic nitrogens is 2. The molecule has 1 aliphatic rings. The lowest BCUT2D eigenvalue weighted by Gasteiger charge is -2.25. The van der Waals surface area contributed by atoms with Crippen molar-refractivity contribution in [2.45, 2.75) is 11.3 Å². The Bertz CT molecular complexity index is 1800. The fourth-order valence-corrected chi connectivity index (χ4v) is 5.73. The van der Waals surface area contributed by atoms with Crippen molar-refractivity contribution >= 4 is 38.2 Å². The molecule has 12 nitrogen and oxygen atoms in total. The fraction of sp³-hybridized carbons (Fsp3) is 0.276. The van der Waals surface area contributed by atoms with E-state index in [9.17, 15) is 26.4 Å². The van der Waals surface area contributed by atoms with Crippen LogP contribution in [0.1, 0.15) is 0 Å². The number of ether oxygens (including phenoxy) is 4. The number of nitrogens with one attached hydrogen (secondary N) is 2. The largest absolute Gasteiger partial charge is 0.573 e. The summed E-state index contributed by atoms with van der Waals surface area (Å²) in [5.41, 5.74) is 2.06. The van der Waals surface area contributed by atoms with Gasteiger partial charge in [0, 0.05) is 30.2 Å². The number of carbonyl (C=O) groups is 1. The summed E-state index contributed by atoms with van der Waals surface area (Å²) in [7, 11) is -1.48. The quantitative estimate of drug-likeness (QED) is 0.256. The molecule has 4 aromatic rings. The highest BCUT2D eigenvalue weighted by Gasteiger charge is 2.31. The first kappa shape index (κ1) is 31.7. The number of hydrogen-bond acceptors (Lipinski definition) is 10. The van der Waals surface area contributed by atoms with Gasteiger partial charge >= 0.3 is 6.36 Å². The Kier molecular flexibility index (Phi) is 9.27. The molecule has 0 bridgehead atoms. The second-order valence-electron chi connectivity index (χ2n) is 9.78. The van der Waals surface area contributed by atoms with Crippen LogP contribution in [0, 0.1) is 0 Å². The molecule has 0 saturated carbocycles. The molecule has 1 saturated heterocycles. The maximum Gasteiger partial charge on any atom is 0.573 e. The highest BCUT2D eigenvalue weighted by atomic mass is 32.2. The van der Waals surface area contributed by atoms with Crippen LogP contribution in [0.15, 0.2) is 65.8 Å². The van der Waals surface area contributed by atoms with Gasteiger partial charge in [-0.1, -0.05) is 6.07 Å². The smallest absolute Gasteiger partial charge is 0.494 e. The zero-order chi connectivity index (χ0) is 32.2. The number of benzene rings is 2. The Morgan fingerprint density at radius 1 is 0.956 bits per heavy atom. The standard InChI is InChI=1S/C29H28F3N5O7S/c1-41-27-22-13-18(3-8-23(22)33-16-25(27)35-26(38)17-37-9-11-43-12-10-37)19-14-24(28(42-2)34-15-19)36-45(39,40)21-6-4-20(5-7-21)44-29(30,31)32/h3-8,13-16,36H,9-12,17H2,1-2H3,(H,35,38). The molecule has 0 radical (unpaired) electrons. The summed E-state index contributed by atoms with van der Waals surface area (Å²) >= 11 is 0. The molecule has 238 valence electrons. The van der Waals surface area contributed by atoms with Crippen molar-refractivity contribution in [2.24, 2.45) is 0 Å². The Morgan fingerprint density at radius 2 is 1.69 bits per heavy atom. The normalized spacial score (nSPS) is 14.2. The van der Waals surface area contributed by atoms with Crippen LogP contribution < -0.4 is 24.2 Å². The van der Waals surface area contributed by atoms with Crippen molar-refractivity contribution in [1.29, 1.82) is 0 Å². The zero-order valence-corrected chi connectivity index (χ0v) is 24.9. The molecular formula is C29H28F3N5O7S. The predicted octanol–water partition coefficient (Wildman–Crippen LogP) is 4.28. The van der Waals surface area contributed by atoms with Crippen LogP contribution >= 0.6 is 0 Å². The van der Waals surface area contributed by atoms with Crippen molar-refractivity contribution in [1.82, 2.24) is 14.9 Å². The number of morpholine rings is 1. The molecule has 1 aliphatic heterocycles. The van der Waals surface area contributed by atoms with E-state index in [0.29, 0.717) is 59.8 Å².